The third-order valence-corrected chi connectivity index (χ3v) is 2.58. The van der Waals surface area contributed by atoms with Crippen molar-refractivity contribution in [1.82, 2.24) is 0 Å². The lowest BCUT2D eigenvalue weighted by atomic mass is 10.0. The number of benzene rings is 2. The van der Waals surface area contributed by atoms with Crippen molar-refractivity contribution < 1.29 is 17.9 Å². The first-order valence-corrected chi connectivity index (χ1v) is 5.58. The van der Waals surface area contributed by atoms with Crippen molar-refractivity contribution in [3.63, 3.8) is 0 Å². The van der Waals surface area contributed by atoms with Crippen molar-refractivity contribution in [2.24, 2.45) is 0 Å². The van der Waals surface area contributed by atoms with Crippen LogP contribution in [-0.4, -0.2) is 6.61 Å². The fraction of sp³-hybridized carbons (Fsp3) is 0.143. The van der Waals surface area contributed by atoms with E-state index in [1.807, 2.05) is 6.92 Å². The largest absolute Gasteiger partial charge is 0.431 e. The minimum Gasteiger partial charge on any atom is -0.431 e. The molecular formula is C14H12F3NO. The molecule has 0 aliphatic heterocycles. The lowest BCUT2D eigenvalue weighted by molar-refractivity contribution is -0.0517. The van der Waals surface area contributed by atoms with E-state index in [1.54, 1.807) is 18.2 Å². The SMILES string of the molecule is Cc1cc(N)cc(-c2cccc(F)c2OC(F)F)c1. The van der Waals surface area contributed by atoms with Gasteiger partial charge < -0.3 is 10.5 Å². The van der Waals surface area contributed by atoms with Crippen molar-refractivity contribution in [2.45, 2.75) is 13.5 Å². The van der Waals surface area contributed by atoms with Gasteiger partial charge in [-0.1, -0.05) is 18.2 Å². The summed E-state index contributed by atoms with van der Waals surface area (Å²) < 4.78 is 42.6. The highest BCUT2D eigenvalue weighted by Gasteiger charge is 2.16. The lowest BCUT2D eigenvalue weighted by Gasteiger charge is -2.12. The molecule has 0 atom stereocenters. The Morgan fingerprint density at radius 2 is 1.89 bits per heavy atom. The summed E-state index contributed by atoms with van der Waals surface area (Å²) in [5, 5.41) is 0. The van der Waals surface area contributed by atoms with Crippen LogP contribution in [0, 0.1) is 12.7 Å². The number of halogens is 3. The van der Waals surface area contributed by atoms with E-state index in [4.69, 9.17) is 5.73 Å². The van der Waals surface area contributed by atoms with Crippen molar-refractivity contribution in [1.29, 1.82) is 0 Å². The van der Waals surface area contributed by atoms with Crippen LogP contribution in [0.3, 0.4) is 0 Å². The Hall–Kier alpha value is -2.17. The second kappa shape index (κ2) is 5.22. The summed E-state index contributed by atoms with van der Waals surface area (Å²) in [7, 11) is 0. The molecule has 19 heavy (non-hydrogen) atoms. The van der Waals surface area contributed by atoms with Crippen molar-refractivity contribution in [2.75, 3.05) is 5.73 Å². The molecule has 2 aromatic carbocycles. The highest BCUT2D eigenvalue weighted by atomic mass is 19.3. The number of aryl methyl sites for hydroxylation is 1. The summed E-state index contributed by atoms with van der Waals surface area (Å²) >= 11 is 0. The van der Waals surface area contributed by atoms with Crippen LogP contribution < -0.4 is 10.5 Å². The molecule has 0 saturated heterocycles. The maximum Gasteiger partial charge on any atom is 0.387 e. The number of rotatable bonds is 3. The van der Waals surface area contributed by atoms with Gasteiger partial charge in [0.1, 0.15) is 0 Å². The maximum atomic E-state index is 13.6. The zero-order chi connectivity index (χ0) is 14.0. The molecule has 0 amide bonds. The molecule has 5 heteroatoms. The molecule has 0 radical (unpaired) electrons. The number of para-hydroxylation sites is 1. The Labute approximate surface area is 108 Å². The first kappa shape index (κ1) is 13.3. The number of nitrogens with two attached hydrogens (primary N) is 1. The topological polar surface area (TPSA) is 35.2 Å². The van der Waals surface area contributed by atoms with Gasteiger partial charge in [0, 0.05) is 11.3 Å². The summed E-state index contributed by atoms with van der Waals surface area (Å²) in [4.78, 5) is 0. The molecule has 2 nitrogen and oxygen atoms in total. The first-order chi connectivity index (χ1) is 8.97. The predicted octanol–water partition coefficient (Wildman–Crippen LogP) is 3.98. The van der Waals surface area contributed by atoms with Gasteiger partial charge in [0.2, 0.25) is 0 Å². The molecule has 0 saturated carbocycles. The Balaban J connectivity index is 2.57. The number of hydrogen-bond donors (Lipinski definition) is 1. The van der Waals surface area contributed by atoms with E-state index in [9.17, 15) is 13.2 Å². The van der Waals surface area contributed by atoms with Gasteiger partial charge >= 0.3 is 6.61 Å². The zero-order valence-electron chi connectivity index (χ0n) is 10.2. The standard InChI is InChI=1S/C14H12F3NO/c1-8-5-9(7-10(18)6-8)11-3-2-4-12(15)13(11)19-14(16)17/h2-7,14H,18H2,1H3. The highest BCUT2D eigenvalue weighted by molar-refractivity contribution is 5.74. The molecule has 0 unspecified atom stereocenters. The fourth-order valence-corrected chi connectivity index (χ4v) is 1.91. The Morgan fingerprint density at radius 3 is 2.53 bits per heavy atom. The van der Waals surface area contributed by atoms with Crippen LogP contribution in [-0.2, 0) is 0 Å². The second-order valence-corrected chi connectivity index (χ2v) is 4.13. The average molecular weight is 267 g/mol. The number of nitrogen functional groups attached to an aromatic ring is 1. The van der Waals surface area contributed by atoms with Crippen molar-refractivity contribution >= 4 is 5.69 Å². The molecule has 0 aliphatic rings. The first-order valence-electron chi connectivity index (χ1n) is 5.58. The van der Waals surface area contributed by atoms with Gasteiger partial charge in [0.05, 0.1) is 0 Å². The van der Waals surface area contributed by atoms with Gasteiger partial charge in [-0.3, -0.25) is 0 Å². The lowest BCUT2D eigenvalue weighted by Crippen LogP contribution is -2.05. The van der Waals surface area contributed by atoms with Crippen LogP contribution in [0.15, 0.2) is 36.4 Å². The van der Waals surface area contributed by atoms with Gasteiger partial charge in [-0.2, -0.15) is 8.78 Å². The normalized spacial score (nSPS) is 10.8. The van der Waals surface area contributed by atoms with E-state index >= 15 is 0 Å². The molecular weight excluding hydrogens is 255 g/mol. The quantitative estimate of drug-likeness (QED) is 0.853. The third kappa shape index (κ3) is 2.99. The minimum absolute atomic E-state index is 0.246. The number of hydrogen-bond acceptors (Lipinski definition) is 2. The van der Waals surface area contributed by atoms with E-state index in [-0.39, 0.29) is 5.56 Å². The maximum absolute atomic E-state index is 13.6. The molecule has 0 bridgehead atoms. The van der Waals surface area contributed by atoms with Crippen LogP contribution >= 0.6 is 0 Å². The minimum atomic E-state index is -3.09. The monoisotopic (exact) mass is 267 g/mol. The number of ether oxygens (including phenoxy) is 1. The highest BCUT2D eigenvalue weighted by Crippen LogP contribution is 2.34. The smallest absolute Gasteiger partial charge is 0.387 e. The summed E-state index contributed by atoms with van der Waals surface area (Å²) in [6.07, 6.45) is 0. The van der Waals surface area contributed by atoms with E-state index in [1.165, 1.54) is 12.1 Å². The summed E-state index contributed by atoms with van der Waals surface area (Å²) in [6, 6.07) is 9.05. The van der Waals surface area contributed by atoms with Crippen LogP contribution in [0.4, 0.5) is 18.9 Å². The van der Waals surface area contributed by atoms with Crippen molar-refractivity contribution in [3.8, 4) is 16.9 Å². The molecule has 0 heterocycles. The van der Waals surface area contributed by atoms with Gasteiger partial charge in [0.25, 0.3) is 0 Å². The molecule has 2 aromatic rings. The van der Waals surface area contributed by atoms with Crippen LogP contribution in [0.1, 0.15) is 5.56 Å². The van der Waals surface area contributed by atoms with Gasteiger partial charge in [-0.25, -0.2) is 4.39 Å². The van der Waals surface area contributed by atoms with E-state index in [0.29, 0.717) is 11.3 Å². The molecule has 2 rings (SSSR count). The van der Waals surface area contributed by atoms with E-state index in [0.717, 1.165) is 11.6 Å². The molecule has 0 aliphatic carbocycles. The summed E-state index contributed by atoms with van der Waals surface area (Å²) in [5.41, 5.74) is 7.81. The summed E-state index contributed by atoms with van der Waals surface area (Å²) in [6.45, 7) is -1.27. The summed E-state index contributed by atoms with van der Waals surface area (Å²) in [5.74, 6) is -1.31. The van der Waals surface area contributed by atoms with E-state index in [2.05, 4.69) is 4.74 Å². The predicted molar refractivity (Wildman–Crippen MR) is 67.6 cm³/mol. The van der Waals surface area contributed by atoms with Gasteiger partial charge in [-0.15, -0.1) is 0 Å². The van der Waals surface area contributed by atoms with Crippen LogP contribution in [0.25, 0.3) is 11.1 Å². The second-order valence-electron chi connectivity index (χ2n) is 4.13. The van der Waals surface area contributed by atoms with Gasteiger partial charge in [0.15, 0.2) is 11.6 Å². The average Bonchev–Trinajstić information content (AvgIpc) is 2.30. The van der Waals surface area contributed by atoms with Crippen LogP contribution in [0.2, 0.25) is 0 Å². The van der Waals surface area contributed by atoms with Crippen LogP contribution in [0.5, 0.6) is 5.75 Å². The third-order valence-electron chi connectivity index (χ3n) is 2.58. The number of alkyl halides is 2. The Bertz CT molecular complexity index is 579. The number of anilines is 1. The molecule has 0 spiro atoms. The Morgan fingerprint density at radius 1 is 1.16 bits per heavy atom. The Kier molecular flexibility index (Phi) is 3.64. The molecule has 2 N–H and O–H groups in total. The van der Waals surface area contributed by atoms with E-state index < -0.39 is 18.2 Å². The van der Waals surface area contributed by atoms with Crippen molar-refractivity contribution in [3.05, 3.63) is 47.8 Å². The molecule has 100 valence electrons. The fourth-order valence-electron chi connectivity index (χ4n) is 1.91. The zero-order valence-corrected chi connectivity index (χ0v) is 10.2. The van der Waals surface area contributed by atoms with Gasteiger partial charge in [-0.05, 0) is 36.2 Å². The molecule has 0 fully saturated rings. The molecule has 0 aromatic heterocycles.